The summed E-state index contributed by atoms with van der Waals surface area (Å²) in [4.78, 5) is 29.4. The fraction of sp³-hybridized carbons (Fsp3) is 0.167. The van der Waals surface area contributed by atoms with Crippen molar-refractivity contribution in [2.24, 2.45) is 5.92 Å². The maximum Gasteiger partial charge on any atom is 0.227 e. The number of carbonyl (C=O) groups excluding carboxylic acids is 1. The normalized spacial score (nSPS) is 13.9. The molecular formula is C30H24FN7O. The van der Waals surface area contributed by atoms with Crippen LogP contribution in [0.2, 0.25) is 0 Å². The lowest BCUT2D eigenvalue weighted by molar-refractivity contribution is -0.119. The fourth-order valence-electron chi connectivity index (χ4n) is 5.43. The molecule has 1 aliphatic carbocycles. The summed E-state index contributed by atoms with van der Waals surface area (Å²) in [6, 6.07) is 14.3. The Morgan fingerprint density at radius 2 is 1.77 bits per heavy atom. The van der Waals surface area contributed by atoms with E-state index in [1.54, 1.807) is 30.9 Å². The van der Waals surface area contributed by atoms with E-state index in [1.165, 1.54) is 12.1 Å². The van der Waals surface area contributed by atoms with Gasteiger partial charge in [-0.05, 0) is 60.4 Å². The van der Waals surface area contributed by atoms with E-state index in [1.807, 2.05) is 30.3 Å². The van der Waals surface area contributed by atoms with Gasteiger partial charge in [-0.2, -0.15) is 5.10 Å². The highest BCUT2D eigenvalue weighted by Gasteiger charge is 2.23. The van der Waals surface area contributed by atoms with Crippen LogP contribution in [0.15, 0.2) is 73.3 Å². The lowest BCUT2D eigenvalue weighted by Crippen LogP contribution is -2.20. The molecule has 0 aliphatic heterocycles. The first kappa shape index (κ1) is 23.2. The lowest BCUT2D eigenvalue weighted by atomic mass is 10.0. The number of anilines is 1. The Morgan fingerprint density at radius 1 is 0.897 bits per heavy atom. The summed E-state index contributed by atoms with van der Waals surface area (Å²) in [6.45, 7) is 0. The first-order valence-corrected chi connectivity index (χ1v) is 13.0. The van der Waals surface area contributed by atoms with Crippen LogP contribution in [0.5, 0.6) is 0 Å². The molecule has 0 atom stereocenters. The Hall–Kier alpha value is -4.92. The second-order valence-corrected chi connectivity index (χ2v) is 9.94. The summed E-state index contributed by atoms with van der Waals surface area (Å²) in [5.41, 5.74) is 6.80. The van der Waals surface area contributed by atoms with Gasteiger partial charge in [0.2, 0.25) is 5.91 Å². The second-order valence-electron chi connectivity index (χ2n) is 9.94. The molecule has 192 valence electrons. The highest BCUT2D eigenvalue weighted by Crippen LogP contribution is 2.34. The molecule has 1 aliphatic rings. The molecule has 1 amide bonds. The van der Waals surface area contributed by atoms with Crippen LogP contribution >= 0.6 is 0 Å². The number of H-pyrrole nitrogens is 2. The van der Waals surface area contributed by atoms with Gasteiger partial charge in [-0.1, -0.05) is 25.0 Å². The molecule has 5 aromatic heterocycles. The minimum absolute atomic E-state index is 0.0576. The van der Waals surface area contributed by atoms with Crippen molar-refractivity contribution in [3.8, 4) is 33.6 Å². The maximum absolute atomic E-state index is 13.9. The fourth-order valence-corrected chi connectivity index (χ4v) is 5.43. The molecule has 3 N–H and O–H groups in total. The van der Waals surface area contributed by atoms with Gasteiger partial charge in [0.15, 0.2) is 5.65 Å². The average Bonchev–Trinajstić information content (AvgIpc) is 3.72. The number of amides is 1. The number of fused-ring (bicyclic) bond motifs is 2. The van der Waals surface area contributed by atoms with Gasteiger partial charge in [0, 0.05) is 46.4 Å². The molecule has 0 radical (unpaired) electrons. The van der Waals surface area contributed by atoms with Crippen LogP contribution in [0.3, 0.4) is 0 Å². The Bertz CT molecular complexity index is 1850. The Labute approximate surface area is 222 Å². The van der Waals surface area contributed by atoms with Crippen molar-refractivity contribution in [3.63, 3.8) is 0 Å². The van der Waals surface area contributed by atoms with Crippen molar-refractivity contribution in [1.82, 2.24) is 30.1 Å². The van der Waals surface area contributed by atoms with E-state index in [9.17, 15) is 9.18 Å². The summed E-state index contributed by atoms with van der Waals surface area (Å²) < 4.78 is 13.9. The molecule has 6 aromatic rings. The van der Waals surface area contributed by atoms with Gasteiger partial charge in [0.1, 0.15) is 17.2 Å². The minimum atomic E-state index is -0.290. The zero-order valence-corrected chi connectivity index (χ0v) is 20.9. The van der Waals surface area contributed by atoms with Gasteiger partial charge < -0.3 is 10.3 Å². The van der Waals surface area contributed by atoms with Gasteiger partial charge in [-0.25, -0.2) is 14.4 Å². The molecule has 5 heterocycles. The zero-order valence-electron chi connectivity index (χ0n) is 20.9. The van der Waals surface area contributed by atoms with Crippen molar-refractivity contribution < 1.29 is 9.18 Å². The monoisotopic (exact) mass is 517 g/mol. The molecule has 39 heavy (non-hydrogen) atoms. The molecule has 1 fully saturated rings. The number of nitrogens with zero attached hydrogens (tertiary/aromatic N) is 4. The van der Waals surface area contributed by atoms with Gasteiger partial charge in [-0.3, -0.25) is 14.9 Å². The molecule has 1 aromatic carbocycles. The highest BCUT2D eigenvalue weighted by molar-refractivity contribution is 6.00. The predicted molar refractivity (Wildman–Crippen MR) is 148 cm³/mol. The van der Waals surface area contributed by atoms with Crippen molar-refractivity contribution in [2.45, 2.75) is 25.7 Å². The van der Waals surface area contributed by atoms with E-state index in [0.29, 0.717) is 22.7 Å². The molecule has 0 spiro atoms. The number of hydrogen-bond donors (Lipinski definition) is 3. The van der Waals surface area contributed by atoms with Crippen molar-refractivity contribution in [1.29, 1.82) is 0 Å². The third-order valence-corrected chi connectivity index (χ3v) is 7.40. The first-order chi connectivity index (χ1) is 19.1. The molecule has 7 rings (SSSR count). The van der Waals surface area contributed by atoms with Crippen molar-refractivity contribution in [2.75, 3.05) is 5.32 Å². The van der Waals surface area contributed by atoms with Gasteiger partial charge >= 0.3 is 0 Å². The van der Waals surface area contributed by atoms with Crippen LogP contribution in [0.4, 0.5) is 10.1 Å². The Balaban J connectivity index is 1.25. The SMILES string of the molecule is O=C(Nc1cncc(-c2cnc3[nH]nc(-c4cc5c(-c6cccc(F)c6)ccnc5[nH]4)c3c2)c1)C1CCCC1. The van der Waals surface area contributed by atoms with Gasteiger partial charge in [0.25, 0.3) is 0 Å². The number of aromatic nitrogens is 6. The molecule has 8 nitrogen and oxygen atoms in total. The molecular weight excluding hydrogens is 493 g/mol. The predicted octanol–water partition coefficient (Wildman–Crippen LogP) is 6.50. The second kappa shape index (κ2) is 9.43. The van der Waals surface area contributed by atoms with Gasteiger partial charge in [0.05, 0.1) is 17.6 Å². The minimum Gasteiger partial charge on any atom is -0.338 e. The zero-order chi connectivity index (χ0) is 26.3. The van der Waals surface area contributed by atoms with Crippen LogP contribution in [-0.4, -0.2) is 36.0 Å². The first-order valence-electron chi connectivity index (χ1n) is 13.0. The summed E-state index contributed by atoms with van der Waals surface area (Å²) >= 11 is 0. The number of pyridine rings is 3. The van der Waals surface area contributed by atoms with E-state index in [4.69, 9.17) is 0 Å². The van der Waals surface area contributed by atoms with E-state index in [-0.39, 0.29) is 17.6 Å². The number of carbonyl (C=O) groups is 1. The largest absolute Gasteiger partial charge is 0.338 e. The van der Waals surface area contributed by atoms with Crippen LogP contribution in [0, 0.1) is 11.7 Å². The number of rotatable bonds is 5. The quantitative estimate of drug-likeness (QED) is 0.242. The maximum atomic E-state index is 13.9. The summed E-state index contributed by atoms with van der Waals surface area (Å²) in [7, 11) is 0. The average molecular weight is 518 g/mol. The number of aromatic amines is 2. The summed E-state index contributed by atoms with van der Waals surface area (Å²) in [5.74, 6) is -0.156. The van der Waals surface area contributed by atoms with Crippen LogP contribution in [0.25, 0.3) is 55.7 Å². The van der Waals surface area contributed by atoms with Crippen LogP contribution < -0.4 is 5.32 Å². The van der Waals surface area contributed by atoms with Crippen LogP contribution in [0.1, 0.15) is 25.7 Å². The molecule has 0 bridgehead atoms. The van der Waals surface area contributed by atoms with E-state index < -0.39 is 0 Å². The smallest absolute Gasteiger partial charge is 0.227 e. The Kier molecular flexibility index (Phi) is 5.61. The number of hydrogen-bond acceptors (Lipinski definition) is 5. The number of nitrogens with one attached hydrogen (secondary N) is 3. The number of halogens is 1. The molecule has 9 heteroatoms. The van der Waals surface area contributed by atoms with Crippen molar-refractivity contribution in [3.05, 3.63) is 79.1 Å². The third kappa shape index (κ3) is 4.31. The van der Waals surface area contributed by atoms with E-state index in [0.717, 1.165) is 64.4 Å². The van der Waals surface area contributed by atoms with Crippen LogP contribution in [-0.2, 0) is 4.79 Å². The van der Waals surface area contributed by atoms with Gasteiger partial charge in [-0.15, -0.1) is 0 Å². The molecule has 0 unspecified atom stereocenters. The molecule has 0 saturated heterocycles. The topological polar surface area (TPSA) is 112 Å². The van der Waals surface area contributed by atoms with Crippen molar-refractivity contribution >= 4 is 33.7 Å². The summed E-state index contributed by atoms with van der Waals surface area (Å²) in [6.07, 6.45) is 11.0. The standard InChI is InChI=1S/C30H24FN7O/c31-21-7-3-6-18(10-21)23-8-9-33-28-24(23)13-26(36-28)27-25-12-20(15-34-29(25)38-37-27)19-11-22(16-32-14-19)35-30(39)17-4-1-2-5-17/h3,6-17H,1-2,4-5H2,(H,33,36)(H,35,39)(H,34,37,38). The highest BCUT2D eigenvalue weighted by atomic mass is 19.1. The summed E-state index contributed by atoms with van der Waals surface area (Å²) in [5, 5.41) is 12.3. The molecule has 1 saturated carbocycles. The van der Waals surface area contributed by atoms with E-state index >= 15 is 0 Å². The van der Waals surface area contributed by atoms with E-state index in [2.05, 4.69) is 35.5 Å². The lowest BCUT2D eigenvalue weighted by Gasteiger charge is -2.11. The Morgan fingerprint density at radius 3 is 2.64 bits per heavy atom. The number of benzene rings is 1. The third-order valence-electron chi connectivity index (χ3n) is 7.40.